The molecule has 0 atom stereocenters. The summed E-state index contributed by atoms with van der Waals surface area (Å²) in [6.45, 7) is 4.47. The Labute approximate surface area is 199 Å². The van der Waals surface area contributed by atoms with Crippen LogP contribution in [0, 0.1) is 0 Å². The van der Waals surface area contributed by atoms with E-state index < -0.39 is 10.0 Å². The molecule has 34 heavy (non-hydrogen) atoms. The van der Waals surface area contributed by atoms with Crippen LogP contribution in [-0.2, 0) is 23.0 Å². The highest BCUT2D eigenvalue weighted by molar-refractivity contribution is 7.89. The van der Waals surface area contributed by atoms with Crippen LogP contribution in [-0.4, -0.2) is 73.5 Å². The smallest absolute Gasteiger partial charge is 0.256 e. The molecule has 9 nitrogen and oxygen atoms in total. The summed E-state index contributed by atoms with van der Waals surface area (Å²) in [5, 5.41) is 10.1. The highest BCUT2D eigenvalue weighted by Gasteiger charge is 2.31. The summed E-state index contributed by atoms with van der Waals surface area (Å²) in [5.41, 5.74) is 3.18. The van der Waals surface area contributed by atoms with Crippen LogP contribution >= 0.6 is 0 Å². The van der Waals surface area contributed by atoms with Crippen LogP contribution in [0.4, 0.5) is 11.5 Å². The second kappa shape index (κ2) is 9.21. The summed E-state index contributed by atoms with van der Waals surface area (Å²) in [4.78, 5) is 17.8. The maximum absolute atomic E-state index is 13.1. The van der Waals surface area contributed by atoms with Gasteiger partial charge in [0.15, 0.2) is 5.82 Å². The van der Waals surface area contributed by atoms with Crippen LogP contribution < -0.4 is 10.2 Å². The first-order chi connectivity index (χ1) is 16.4. The van der Waals surface area contributed by atoms with Gasteiger partial charge in [-0.3, -0.25) is 9.89 Å². The van der Waals surface area contributed by atoms with Crippen molar-refractivity contribution in [3.8, 4) is 0 Å². The molecule has 1 fully saturated rings. The lowest BCUT2D eigenvalue weighted by molar-refractivity contribution is 0.102. The first-order valence-electron chi connectivity index (χ1n) is 11.4. The van der Waals surface area contributed by atoms with Crippen molar-refractivity contribution in [3.63, 3.8) is 0 Å². The zero-order valence-corrected chi connectivity index (χ0v) is 19.9. The van der Waals surface area contributed by atoms with E-state index in [-0.39, 0.29) is 17.3 Å². The number of amides is 1. The molecule has 178 valence electrons. The number of H-pyrrole nitrogens is 1. The number of nitrogens with one attached hydrogen (secondary N) is 2. The third-order valence-corrected chi connectivity index (χ3v) is 8.37. The largest absolute Gasteiger partial charge is 0.369 e. The van der Waals surface area contributed by atoms with Crippen molar-refractivity contribution in [1.29, 1.82) is 0 Å². The lowest BCUT2D eigenvalue weighted by Gasteiger charge is -2.34. The van der Waals surface area contributed by atoms with E-state index in [4.69, 9.17) is 0 Å². The van der Waals surface area contributed by atoms with E-state index in [0.717, 1.165) is 37.6 Å². The van der Waals surface area contributed by atoms with Gasteiger partial charge in [-0.05, 0) is 43.4 Å². The van der Waals surface area contributed by atoms with Gasteiger partial charge in [-0.25, -0.2) is 8.42 Å². The molecule has 3 heterocycles. The van der Waals surface area contributed by atoms with Crippen LogP contribution in [0.5, 0.6) is 0 Å². The molecule has 0 spiro atoms. The molecule has 3 aromatic rings. The number of hydrogen-bond acceptors (Lipinski definition) is 6. The van der Waals surface area contributed by atoms with Gasteiger partial charge >= 0.3 is 0 Å². The molecule has 0 saturated carbocycles. The summed E-state index contributed by atoms with van der Waals surface area (Å²) in [7, 11) is -1.51. The topological polar surface area (TPSA) is 102 Å². The fraction of sp³-hybridized carbons (Fsp3) is 0.333. The van der Waals surface area contributed by atoms with Gasteiger partial charge in [0.25, 0.3) is 5.91 Å². The number of nitrogens with zero attached hydrogens (tertiary/aromatic N) is 4. The third kappa shape index (κ3) is 4.44. The molecule has 2 aliphatic heterocycles. The predicted octanol–water partition coefficient (Wildman–Crippen LogP) is 2.16. The molecule has 0 bridgehead atoms. The molecule has 2 aliphatic rings. The van der Waals surface area contributed by atoms with Crippen molar-refractivity contribution in [1.82, 2.24) is 19.4 Å². The Kier molecular flexibility index (Phi) is 6.11. The van der Waals surface area contributed by atoms with Crippen molar-refractivity contribution in [2.45, 2.75) is 17.9 Å². The third-order valence-electron chi connectivity index (χ3n) is 6.51. The molecule has 10 heteroatoms. The molecule has 2 aromatic carbocycles. The van der Waals surface area contributed by atoms with Crippen LogP contribution in [0.15, 0.2) is 59.5 Å². The Bertz CT molecular complexity index is 1270. The summed E-state index contributed by atoms with van der Waals surface area (Å²) >= 11 is 0. The average molecular weight is 481 g/mol. The second-order valence-electron chi connectivity index (χ2n) is 8.72. The van der Waals surface area contributed by atoms with Crippen molar-refractivity contribution in [2.75, 3.05) is 50.0 Å². The maximum atomic E-state index is 13.1. The molecule has 0 radical (unpaired) electrons. The van der Waals surface area contributed by atoms with E-state index in [1.165, 1.54) is 4.31 Å². The van der Waals surface area contributed by atoms with E-state index in [1.807, 2.05) is 24.3 Å². The minimum atomic E-state index is -3.63. The standard InChI is InChI=1S/C24H28N6O3S/c1-28-13-15-29(16-14-28)19-9-7-18(8-10-19)24(31)25-23-21-17-30(12-11-22(21)26-27-23)34(32,33)20-5-3-2-4-6-20/h2-10H,11-17H2,1H3,(H2,25,26,27,31). The highest BCUT2D eigenvalue weighted by atomic mass is 32.2. The SMILES string of the molecule is CN1CCN(c2ccc(C(=O)Nc3n[nH]c4c3CN(S(=O)(=O)c3ccccc3)CC4)cc2)CC1. The van der Waals surface area contributed by atoms with Gasteiger partial charge in [0.05, 0.1) is 4.90 Å². The molecule has 5 rings (SSSR count). The normalized spacial score (nSPS) is 17.4. The maximum Gasteiger partial charge on any atom is 0.256 e. The summed E-state index contributed by atoms with van der Waals surface area (Å²) in [5.74, 6) is 0.0957. The van der Waals surface area contributed by atoms with Gasteiger partial charge in [0.1, 0.15) is 0 Å². The molecule has 1 saturated heterocycles. The highest BCUT2D eigenvalue weighted by Crippen LogP contribution is 2.28. The Morgan fingerprint density at radius 2 is 1.68 bits per heavy atom. The van der Waals surface area contributed by atoms with Crippen molar-refractivity contribution < 1.29 is 13.2 Å². The van der Waals surface area contributed by atoms with Crippen LogP contribution in [0.2, 0.25) is 0 Å². The van der Waals surface area contributed by atoms with Gasteiger partial charge in [0.2, 0.25) is 10.0 Å². The number of anilines is 2. The molecule has 2 N–H and O–H groups in total. The first kappa shape index (κ1) is 22.6. The molecule has 0 unspecified atom stereocenters. The number of sulfonamides is 1. The number of carbonyl (C=O) groups is 1. The van der Waals surface area contributed by atoms with E-state index in [2.05, 4.69) is 32.4 Å². The second-order valence-corrected chi connectivity index (χ2v) is 10.7. The number of benzene rings is 2. The van der Waals surface area contributed by atoms with Crippen molar-refractivity contribution in [2.24, 2.45) is 0 Å². The number of likely N-dealkylation sites (N-methyl/N-ethyl adjacent to an activating group) is 1. The van der Waals surface area contributed by atoms with E-state index in [1.54, 1.807) is 30.3 Å². The quantitative estimate of drug-likeness (QED) is 0.580. The Balaban J connectivity index is 1.29. The molecular weight excluding hydrogens is 452 g/mol. The van der Waals surface area contributed by atoms with E-state index in [9.17, 15) is 13.2 Å². The van der Waals surface area contributed by atoms with Crippen LogP contribution in [0.1, 0.15) is 21.6 Å². The monoisotopic (exact) mass is 480 g/mol. The Morgan fingerprint density at radius 1 is 0.971 bits per heavy atom. The fourth-order valence-electron chi connectivity index (χ4n) is 4.39. The van der Waals surface area contributed by atoms with Crippen molar-refractivity contribution >= 4 is 27.4 Å². The van der Waals surface area contributed by atoms with Gasteiger partial charge in [0, 0.05) is 68.2 Å². The summed E-state index contributed by atoms with van der Waals surface area (Å²) < 4.78 is 27.5. The number of aromatic nitrogens is 2. The zero-order valence-electron chi connectivity index (χ0n) is 19.1. The number of carbonyl (C=O) groups excluding carboxylic acids is 1. The van der Waals surface area contributed by atoms with E-state index in [0.29, 0.717) is 29.9 Å². The number of fused-ring (bicyclic) bond motifs is 1. The van der Waals surface area contributed by atoms with Crippen molar-refractivity contribution in [3.05, 3.63) is 71.4 Å². The Hall–Kier alpha value is -3.21. The van der Waals surface area contributed by atoms with Gasteiger partial charge in [-0.1, -0.05) is 18.2 Å². The predicted molar refractivity (Wildman–Crippen MR) is 130 cm³/mol. The lowest BCUT2D eigenvalue weighted by Crippen LogP contribution is -2.44. The molecule has 0 aliphatic carbocycles. The Morgan fingerprint density at radius 3 is 2.38 bits per heavy atom. The van der Waals surface area contributed by atoms with Crippen LogP contribution in [0.25, 0.3) is 0 Å². The van der Waals surface area contributed by atoms with E-state index >= 15 is 0 Å². The van der Waals surface area contributed by atoms with Gasteiger partial charge < -0.3 is 15.1 Å². The molecule has 1 amide bonds. The molecule has 1 aromatic heterocycles. The number of piperazine rings is 1. The van der Waals surface area contributed by atoms with Gasteiger partial charge in [-0.2, -0.15) is 9.40 Å². The van der Waals surface area contributed by atoms with Gasteiger partial charge in [-0.15, -0.1) is 0 Å². The zero-order chi connectivity index (χ0) is 23.7. The first-order valence-corrected chi connectivity index (χ1v) is 12.8. The number of rotatable bonds is 5. The fourth-order valence-corrected chi connectivity index (χ4v) is 5.82. The summed E-state index contributed by atoms with van der Waals surface area (Å²) in [6, 6.07) is 15.9. The average Bonchev–Trinajstić information content (AvgIpc) is 3.27. The minimum Gasteiger partial charge on any atom is -0.369 e. The summed E-state index contributed by atoms with van der Waals surface area (Å²) in [6.07, 6.45) is 0.504. The number of hydrogen-bond donors (Lipinski definition) is 2. The molecular formula is C24H28N6O3S. The minimum absolute atomic E-state index is 0.154. The van der Waals surface area contributed by atoms with Crippen LogP contribution in [0.3, 0.4) is 0 Å². The number of aromatic amines is 1. The lowest BCUT2D eigenvalue weighted by atomic mass is 10.1.